The molecule has 2 aromatic rings. The predicted octanol–water partition coefficient (Wildman–Crippen LogP) is 2.10. The maximum atomic E-state index is 11.9. The molecule has 0 unspecified atom stereocenters. The van der Waals surface area contributed by atoms with Crippen LogP contribution >= 0.6 is 11.3 Å². The van der Waals surface area contributed by atoms with Crippen LogP contribution in [0.1, 0.15) is 29.0 Å². The molecule has 0 saturated carbocycles. The van der Waals surface area contributed by atoms with E-state index in [4.69, 9.17) is 0 Å². The third-order valence-electron chi connectivity index (χ3n) is 4.47. The molecule has 1 aliphatic rings. The fraction of sp³-hybridized carbons (Fsp3) is 0.368. The predicted molar refractivity (Wildman–Crippen MR) is 99.3 cm³/mol. The molecule has 1 aromatic heterocycles. The minimum atomic E-state index is -0.573. The number of carbonyl (C=O) groups is 2. The van der Waals surface area contributed by atoms with E-state index in [0.29, 0.717) is 13.1 Å². The number of carbonyl (C=O) groups excluding carboxylic acids is 2. The minimum Gasteiger partial charge on any atom is -0.348 e. The van der Waals surface area contributed by atoms with E-state index in [1.165, 1.54) is 16.0 Å². The molecule has 0 radical (unpaired) electrons. The van der Waals surface area contributed by atoms with Gasteiger partial charge >= 0.3 is 11.8 Å². The van der Waals surface area contributed by atoms with Gasteiger partial charge in [-0.2, -0.15) is 0 Å². The third-order valence-corrected chi connectivity index (χ3v) is 5.45. The largest absolute Gasteiger partial charge is 0.348 e. The van der Waals surface area contributed by atoms with Crippen LogP contribution in [-0.4, -0.2) is 36.3 Å². The Morgan fingerprint density at radius 3 is 2.60 bits per heavy atom. The van der Waals surface area contributed by atoms with Crippen molar-refractivity contribution in [1.82, 2.24) is 15.5 Å². The maximum absolute atomic E-state index is 11.9. The van der Waals surface area contributed by atoms with Crippen LogP contribution in [0.25, 0.3) is 0 Å². The number of rotatable bonds is 5. The number of hydrogen-bond acceptors (Lipinski definition) is 4. The Morgan fingerprint density at radius 1 is 1.12 bits per heavy atom. The molecule has 2 amide bonds. The number of thiophene rings is 1. The fourth-order valence-corrected chi connectivity index (χ4v) is 4.05. The van der Waals surface area contributed by atoms with Crippen molar-refractivity contribution in [2.24, 2.45) is 0 Å². The molecule has 6 heteroatoms. The van der Waals surface area contributed by atoms with Gasteiger partial charge in [0.1, 0.15) is 0 Å². The second-order valence-corrected chi connectivity index (χ2v) is 7.07. The summed E-state index contributed by atoms with van der Waals surface area (Å²) in [7, 11) is 0. The minimum absolute atomic E-state index is 0.0757. The first-order valence-corrected chi connectivity index (χ1v) is 9.47. The van der Waals surface area contributed by atoms with E-state index in [0.717, 1.165) is 19.5 Å². The highest BCUT2D eigenvalue weighted by atomic mass is 32.1. The second kappa shape index (κ2) is 8.27. The van der Waals surface area contributed by atoms with Crippen molar-refractivity contribution in [2.75, 3.05) is 19.6 Å². The van der Waals surface area contributed by atoms with Gasteiger partial charge in [0.2, 0.25) is 0 Å². The smallest absolute Gasteiger partial charge is 0.309 e. The van der Waals surface area contributed by atoms with Crippen molar-refractivity contribution in [3.63, 3.8) is 0 Å². The lowest BCUT2D eigenvalue weighted by atomic mass is 9.98. The van der Waals surface area contributed by atoms with Gasteiger partial charge < -0.3 is 10.6 Å². The van der Waals surface area contributed by atoms with Crippen LogP contribution in [-0.2, 0) is 22.6 Å². The molecule has 1 atom stereocenters. The van der Waals surface area contributed by atoms with Crippen LogP contribution in [0.5, 0.6) is 0 Å². The van der Waals surface area contributed by atoms with Crippen LogP contribution in [0.3, 0.4) is 0 Å². The van der Waals surface area contributed by atoms with Crippen molar-refractivity contribution in [1.29, 1.82) is 0 Å². The molecule has 5 nitrogen and oxygen atoms in total. The number of nitrogens with one attached hydrogen (secondary N) is 2. The summed E-state index contributed by atoms with van der Waals surface area (Å²) in [4.78, 5) is 27.2. The number of amides is 2. The van der Waals surface area contributed by atoms with Crippen molar-refractivity contribution >= 4 is 23.2 Å². The molecule has 132 valence electrons. The Morgan fingerprint density at radius 2 is 1.88 bits per heavy atom. The van der Waals surface area contributed by atoms with Gasteiger partial charge in [0.25, 0.3) is 0 Å². The van der Waals surface area contributed by atoms with E-state index in [-0.39, 0.29) is 6.04 Å². The summed E-state index contributed by atoms with van der Waals surface area (Å²) in [6.07, 6.45) is 1.00. The number of likely N-dealkylation sites (N-methyl/N-ethyl adjacent to an activating group) is 1. The van der Waals surface area contributed by atoms with Gasteiger partial charge in [-0.3, -0.25) is 14.5 Å². The average Bonchev–Trinajstić information content (AvgIpc) is 3.16. The Balaban J connectivity index is 1.71. The van der Waals surface area contributed by atoms with Gasteiger partial charge in [0.05, 0.1) is 6.04 Å². The van der Waals surface area contributed by atoms with E-state index < -0.39 is 11.8 Å². The zero-order valence-electron chi connectivity index (χ0n) is 14.3. The molecule has 2 heterocycles. The van der Waals surface area contributed by atoms with Gasteiger partial charge in [-0.1, -0.05) is 30.3 Å². The Labute approximate surface area is 152 Å². The first-order valence-electron chi connectivity index (χ1n) is 8.59. The van der Waals surface area contributed by atoms with Crippen molar-refractivity contribution < 1.29 is 9.59 Å². The molecule has 0 aliphatic carbocycles. The van der Waals surface area contributed by atoms with Crippen LogP contribution in [0.4, 0.5) is 0 Å². The zero-order valence-corrected chi connectivity index (χ0v) is 15.1. The number of hydrogen-bond donors (Lipinski definition) is 2. The van der Waals surface area contributed by atoms with Crippen LogP contribution in [0.15, 0.2) is 41.8 Å². The van der Waals surface area contributed by atoms with Gasteiger partial charge in [-0.25, -0.2) is 0 Å². The molecule has 25 heavy (non-hydrogen) atoms. The van der Waals surface area contributed by atoms with Crippen LogP contribution in [0, 0.1) is 0 Å². The molecule has 0 spiro atoms. The standard InChI is InChI=1S/C19H23N3O2S/c1-2-20-18(23)19(24)21-12-16(17-8-5-11-25-17)22-10-9-14-6-3-4-7-15(14)13-22/h3-8,11,16H,2,9-10,12-13H2,1H3,(H,20,23)(H,21,24)/t16-/m0/s1. The first kappa shape index (κ1) is 17.6. The molecular weight excluding hydrogens is 334 g/mol. The lowest BCUT2D eigenvalue weighted by Crippen LogP contribution is -2.44. The van der Waals surface area contributed by atoms with Crippen LogP contribution in [0.2, 0.25) is 0 Å². The number of nitrogens with zero attached hydrogens (tertiary/aromatic N) is 1. The van der Waals surface area contributed by atoms with E-state index in [9.17, 15) is 9.59 Å². The SMILES string of the molecule is CCNC(=O)C(=O)NC[C@@H](c1cccs1)N1CCc2ccccc2C1. The van der Waals surface area contributed by atoms with Gasteiger partial charge in [-0.15, -0.1) is 11.3 Å². The van der Waals surface area contributed by atoms with E-state index in [1.807, 2.05) is 11.4 Å². The Bertz CT molecular complexity index is 730. The second-order valence-electron chi connectivity index (χ2n) is 6.09. The van der Waals surface area contributed by atoms with Crippen LogP contribution < -0.4 is 10.6 Å². The highest BCUT2D eigenvalue weighted by Crippen LogP contribution is 2.29. The summed E-state index contributed by atoms with van der Waals surface area (Å²) in [5.41, 5.74) is 2.74. The lowest BCUT2D eigenvalue weighted by molar-refractivity contribution is -0.139. The molecule has 2 N–H and O–H groups in total. The maximum Gasteiger partial charge on any atom is 0.309 e. The van der Waals surface area contributed by atoms with E-state index in [2.05, 4.69) is 45.9 Å². The summed E-state index contributed by atoms with van der Waals surface area (Å²) in [6.45, 7) is 4.47. The summed E-state index contributed by atoms with van der Waals surface area (Å²) in [6, 6.07) is 12.7. The van der Waals surface area contributed by atoms with Gasteiger partial charge in [0, 0.05) is 31.1 Å². The highest BCUT2D eigenvalue weighted by molar-refractivity contribution is 7.10. The quantitative estimate of drug-likeness (QED) is 0.806. The molecule has 0 bridgehead atoms. The zero-order chi connectivity index (χ0) is 17.6. The van der Waals surface area contributed by atoms with E-state index in [1.54, 1.807) is 18.3 Å². The Hall–Kier alpha value is -2.18. The molecule has 0 saturated heterocycles. The molecule has 0 fully saturated rings. The summed E-state index contributed by atoms with van der Waals surface area (Å²) in [5, 5.41) is 7.37. The van der Waals surface area contributed by atoms with Crippen molar-refractivity contribution in [3.05, 3.63) is 57.8 Å². The van der Waals surface area contributed by atoms with E-state index >= 15 is 0 Å². The average molecular weight is 357 g/mol. The third kappa shape index (κ3) is 4.27. The normalized spacial score (nSPS) is 15.2. The monoisotopic (exact) mass is 357 g/mol. The Kier molecular flexibility index (Phi) is 5.83. The lowest BCUT2D eigenvalue weighted by Gasteiger charge is -2.35. The summed E-state index contributed by atoms with van der Waals surface area (Å²) in [5.74, 6) is -1.14. The van der Waals surface area contributed by atoms with Crippen molar-refractivity contribution in [3.8, 4) is 0 Å². The molecular formula is C19H23N3O2S. The molecule has 3 rings (SSSR count). The van der Waals surface area contributed by atoms with Crippen molar-refractivity contribution in [2.45, 2.75) is 25.9 Å². The summed E-state index contributed by atoms with van der Waals surface area (Å²) < 4.78 is 0. The van der Waals surface area contributed by atoms with Gasteiger partial charge in [-0.05, 0) is 35.9 Å². The highest BCUT2D eigenvalue weighted by Gasteiger charge is 2.26. The van der Waals surface area contributed by atoms with Gasteiger partial charge in [0.15, 0.2) is 0 Å². The fourth-order valence-electron chi connectivity index (χ4n) is 3.18. The molecule has 1 aliphatic heterocycles. The topological polar surface area (TPSA) is 61.4 Å². The first-order chi connectivity index (χ1) is 12.2. The number of benzene rings is 1. The summed E-state index contributed by atoms with van der Waals surface area (Å²) >= 11 is 1.68. The molecule has 1 aromatic carbocycles. The number of fused-ring (bicyclic) bond motifs is 1.